The van der Waals surface area contributed by atoms with E-state index in [1.807, 2.05) is 6.92 Å². The van der Waals surface area contributed by atoms with Gasteiger partial charge in [0.2, 0.25) is 5.91 Å². The molecule has 0 saturated carbocycles. The molecule has 162 valence electrons. The van der Waals surface area contributed by atoms with E-state index < -0.39 is 0 Å². The van der Waals surface area contributed by atoms with Crippen molar-refractivity contribution in [1.82, 2.24) is 4.90 Å². The average molecular weight is 422 g/mol. The molecule has 3 rings (SSSR count). The Bertz CT molecular complexity index is 933. The number of rotatable bonds is 10. The van der Waals surface area contributed by atoms with Crippen LogP contribution in [0.2, 0.25) is 0 Å². The topological polar surface area (TPSA) is 92.8 Å². The summed E-state index contributed by atoms with van der Waals surface area (Å²) >= 11 is 0. The first-order valence-electron chi connectivity index (χ1n) is 10.5. The Labute approximate surface area is 181 Å². The molecule has 7 heteroatoms. The molecule has 0 saturated heterocycles. The van der Waals surface area contributed by atoms with E-state index >= 15 is 0 Å². The van der Waals surface area contributed by atoms with Gasteiger partial charge in [-0.3, -0.25) is 19.3 Å². The number of benzene rings is 2. The molecule has 0 fully saturated rings. The van der Waals surface area contributed by atoms with Gasteiger partial charge in [0, 0.05) is 18.7 Å². The molecule has 2 aromatic carbocycles. The van der Waals surface area contributed by atoms with Crippen LogP contribution < -0.4 is 5.32 Å². The van der Waals surface area contributed by atoms with Gasteiger partial charge >= 0.3 is 5.97 Å². The number of esters is 1. The number of amides is 3. The monoisotopic (exact) mass is 422 g/mol. The maximum absolute atomic E-state index is 12.3. The molecule has 3 amide bonds. The second kappa shape index (κ2) is 10.5. The number of unbranched alkanes of at least 4 members (excludes halogenated alkanes) is 2. The number of fused-ring (bicyclic) bond motifs is 1. The molecule has 0 radical (unpaired) electrons. The van der Waals surface area contributed by atoms with Crippen LogP contribution in [-0.4, -0.2) is 41.7 Å². The van der Waals surface area contributed by atoms with Gasteiger partial charge in [-0.25, -0.2) is 4.79 Å². The number of hydrogen-bond donors (Lipinski definition) is 1. The molecule has 0 aliphatic carbocycles. The highest BCUT2D eigenvalue weighted by molar-refractivity contribution is 6.21. The lowest BCUT2D eigenvalue weighted by Gasteiger charge is -2.13. The Hall–Kier alpha value is -3.48. The van der Waals surface area contributed by atoms with E-state index in [9.17, 15) is 19.2 Å². The first-order valence-corrected chi connectivity index (χ1v) is 10.5. The van der Waals surface area contributed by atoms with E-state index in [2.05, 4.69) is 5.32 Å². The summed E-state index contributed by atoms with van der Waals surface area (Å²) in [6.07, 6.45) is 3.12. The number of nitrogens with zero attached hydrogens (tertiary/aromatic N) is 1. The molecule has 0 unspecified atom stereocenters. The van der Waals surface area contributed by atoms with E-state index in [4.69, 9.17) is 4.74 Å². The molecule has 0 bridgehead atoms. The van der Waals surface area contributed by atoms with Crippen molar-refractivity contribution in [2.45, 2.75) is 39.0 Å². The second-order valence-corrected chi connectivity index (χ2v) is 7.38. The van der Waals surface area contributed by atoms with Crippen LogP contribution >= 0.6 is 0 Å². The number of anilines is 1. The molecule has 31 heavy (non-hydrogen) atoms. The van der Waals surface area contributed by atoms with Gasteiger partial charge in [-0.2, -0.15) is 0 Å². The summed E-state index contributed by atoms with van der Waals surface area (Å²) in [5.74, 6) is -0.999. The number of ether oxygens (including phenoxy) is 1. The molecule has 1 aliphatic rings. The quantitative estimate of drug-likeness (QED) is 0.354. The predicted molar refractivity (Wildman–Crippen MR) is 116 cm³/mol. The molecular formula is C24H26N2O5. The van der Waals surface area contributed by atoms with Crippen LogP contribution in [0.1, 0.15) is 70.1 Å². The van der Waals surface area contributed by atoms with Crippen LogP contribution in [0.15, 0.2) is 48.5 Å². The van der Waals surface area contributed by atoms with Crippen LogP contribution in [0.5, 0.6) is 0 Å². The number of nitrogens with one attached hydrogen (secondary N) is 1. The zero-order valence-electron chi connectivity index (χ0n) is 17.6. The minimum Gasteiger partial charge on any atom is -0.462 e. The Balaban J connectivity index is 1.36. The third-order valence-corrected chi connectivity index (χ3v) is 5.01. The normalized spacial score (nSPS) is 12.6. The SMILES string of the molecule is CCCOC(=O)c1ccc(NC(=O)CCCCCN2C(=O)c3ccccc3C2=O)cc1. The van der Waals surface area contributed by atoms with Gasteiger partial charge < -0.3 is 10.1 Å². The molecular weight excluding hydrogens is 396 g/mol. The molecule has 0 spiro atoms. The lowest BCUT2D eigenvalue weighted by atomic mass is 10.1. The van der Waals surface area contributed by atoms with Gasteiger partial charge in [-0.1, -0.05) is 25.5 Å². The van der Waals surface area contributed by atoms with Crippen LogP contribution in [0, 0.1) is 0 Å². The first-order chi connectivity index (χ1) is 15.0. The van der Waals surface area contributed by atoms with Crippen LogP contribution in [0.25, 0.3) is 0 Å². The van der Waals surface area contributed by atoms with Crippen molar-refractivity contribution < 1.29 is 23.9 Å². The molecule has 2 aromatic rings. The summed E-state index contributed by atoms with van der Waals surface area (Å²) < 4.78 is 5.07. The van der Waals surface area contributed by atoms with Crippen molar-refractivity contribution in [3.63, 3.8) is 0 Å². The average Bonchev–Trinajstić information content (AvgIpc) is 3.02. The van der Waals surface area contributed by atoms with E-state index in [0.29, 0.717) is 54.8 Å². The highest BCUT2D eigenvalue weighted by atomic mass is 16.5. The third kappa shape index (κ3) is 5.57. The van der Waals surface area contributed by atoms with E-state index in [1.165, 1.54) is 4.90 Å². The summed E-state index contributed by atoms with van der Waals surface area (Å²) in [4.78, 5) is 49.8. The minimum atomic E-state index is -0.377. The number of carbonyl (C=O) groups is 4. The predicted octanol–water partition coefficient (Wildman–Crippen LogP) is 4.05. The Morgan fingerprint density at radius 1 is 0.903 bits per heavy atom. The summed E-state index contributed by atoms with van der Waals surface area (Å²) in [5.41, 5.74) is 1.97. The maximum atomic E-state index is 12.3. The Kier molecular flexibility index (Phi) is 7.54. The van der Waals surface area contributed by atoms with E-state index in [0.717, 1.165) is 12.8 Å². The maximum Gasteiger partial charge on any atom is 0.338 e. The standard InChI is InChI=1S/C24H26N2O5/c1-2-16-31-24(30)17-11-13-18(14-12-17)25-21(27)10-4-3-7-15-26-22(28)19-8-5-6-9-20(19)23(26)29/h5-6,8-9,11-14H,2-4,7,10,15-16H2,1H3,(H,25,27). The van der Waals surface area contributed by atoms with E-state index in [-0.39, 0.29) is 23.7 Å². The van der Waals surface area contributed by atoms with Gasteiger partial charge in [0.25, 0.3) is 11.8 Å². The zero-order valence-corrected chi connectivity index (χ0v) is 17.6. The van der Waals surface area contributed by atoms with Gasteiger partial charge in [-0.15, -0.1) is 0 Å². The fraction of sp³-hybridized carbons (Fsp3) is 0.333. The molecule has 1 aliphatic heterocycles. The van der Waals surface area contributed by atoms with Gasteiger partial charge in [0.1, 0.15) is 0 Å². The fourth-order valence-corrected chi connectivity index (χ4v) is 3.37. The second-order valence-electron chi connectivity index (χ2n) is 7.38. The minimum absolute atomic E-state index is 0.123. The summed E-state index contributed by atoms with van der Waals surface area (Å²) in [6, 6.07) is 13.4. The Morgan fingerprint density at radius 3 is 2.16 bits per heavy atom. The largest absolute Gasteiger partial charge is 0.462 e. The first kappa shape index (κ1) is 22.2. The highest BCUT2D eigenvalue weighted by Crippen LogP contribution is 2.23. The molecule has 1 N–H and O–H groups in total. The lowest BCUT2D eigenvalue weighted by molar-refractivity contribution is -0.116. The lowest BCUT2D eigenvalue weighted by Crippen LogP contribution is -2.30. The number of hydrogen-bond acceptors (Lipinski definition) is 5. The molecule has 1 heterocycles. The van der Waals surface area contributed by atoms with Crippen molar-refractivity contribution in [2.75, 3.05) is 18.5 Å². The number of carbonyl (C=O) groups excluding carboxylic acids is 4. The molecule has 0 atom stereocenters. The van der Waals surface area contributed by atoms with Gasteiger partial charge in [0.05, 0.1) is 23.3 Å². The van der Waals surface area contributed by atoms with Crippen molar-refractivity contribution in [3.05, 3.63) is 65.2 Å². The zero-order chi connectivity index (χ0) is 22.2. The van der Waals surface area contributed by atoms with Crippen molar-refractivity contribution in [2.24, 2.45) is 0 Å². The molecule has 7 nitrogen and oxygen atoms in total. The fourth-order valence-electron chi connectivity index (χ4n) is 3.37. The third-order valence-electron chi connectivity index (χ3n) is 5.01. The van der Waals surface area contributed by atoms with Crippen LogP contribution in [-0.2, 0) is 9.53 Å². The van der Waals surface area contributed by atoms with E-state index in [1.54, 1.807) is 48.5 Å². The van der Waals surface area contributed by atoms with Crippen molar-refractivity contribution in [1.29, 1.82) is 0 Å². The van der Waals surface area contributed by atoms with Crippen molar-refractivity contribution >= 4 is 29.4 Å². The summed E-state index contributed by atoms with van der Waals surface area (Å²) in [7, 11) is 0. The highest BCUT2D eigenvalue weighted by Gasteiger charge is 2.34. The van der Waals surface area contributed by atoms with Gasteiger partial charge in [0.15, 0.2) is 0 Å². The number of imide groups is 1. The van der Waals surface area contributed by atoms with Crippen LogP contribution in [0.4, 0.5) is 5.69 Å². The molecule has 0 aromatic heterocycles. The summed E-state index contributed by atoms with van der Waals surface area (Å²) in [5, 5.41) is 2.80. The summed E-state index contributed by atoms with van der Waals surface area (Å²) in [6.45, 7) is 2.66. The van der Waals surface area contributed by atoms with Crippen LogP contribution in [0.3, 0.4) is 0 Å². The van der Waals surface area contributed by atoms with Crippen molar-refractivity contribution in [3.8, 4) is 0 Å². The smallest absolute Gasteiger partial charge is 0.338 e. The Morgan fingerprint density at radius 2 is 1.55 bits per heavy atom. The van der Waals surface area contributed by atoms with Gasteiger partial charge in [-0.05, 0) is 55.7 Å².